The molecule has 0 aliphatic heterocycles. The average Bonchev–Trinajstić information content (AvgIpc) is 3.05. The molecule has 22 heavy (non-hydrogen) atoms. The number of hydrogen-bond donors (Lipinski definition) is 2. The van der Waals surface area contributed by atoms with Crippen LogP contribution >= 0.6 is 0 Å². The number of aliphatic imine (C=N–C) groups is 1. The molecule has 0 fully saturated rings. The summed E-state index contributed by atoms with van der Waals surface area (Å²) in [4.78, 5) is 8.79. The zero-order chi connectivity index (χ0) is 15.6. The fourth-order valence-electron chi connectivity index (χ4n) is 1.90. The zero-order valence-electron chi connectivity index (χ0n) is 13.0. The SMILES string of the molecule is CCNC(=NCc1cccnc1OCC)NCc1ccco1. The lowest BCUT2D eigenvalue weighted by molar-refractivity contribution is 0.323. The lowest BCUT2D eigenvalue weighted by Gasteiger charge is -2.11. The molecule has 0 radical (unpaired) electrons. The molecule has 2 rings (SSSR count). The van der Waals surface area contributed by atoms with Gasteiger partial charge in [0.1, 0.15) is 5.76 Å². The van der Waals surface area contributed by atoms with Crippen LogP contribution in [0.5, 0.6) is 5.88 Å². The Kier molecular flexibility index (Phi) is 6.29. The molecule has 0 saturated carbocycles. The van der Waals surface area contributed by atoms with E-state index in [-0.39, 0.29) is 0 Å². The van der Waals surface area contributed by atoms with Crippen LogP contribution in [-0.4, -0.2) is 24.1 Å². The number of hydrogen-bond acceptors (Lipinski definition) is 4. The first-order chi connectivity index (χ1) is 10.8. The topological polar surface area (TPSA) is 71.7 Å². The molecule has 2 heterocycles. The highest BCUT2D eigenvalue weighted by Gasteiger charge is 2.05. The minimum atomic E-state index is 0.497. The van der Waals surface area contributed by atoms with Crippen molar-refractivity contribution in [3.05, 3.63) is 48.0 Å². The molecule has 2 aromatic heterocycles. The number of guanidine groups is 1. The molecule has 0 spiro atoms. The Balaban J connectivity index is 2.00. The number of pyridine rings is 1. The highest BCUT2D eigenvalue weighted by atomic mass is 16.5. The second kappa shape index (κ2) is 8.71. The van der Waals surface area contributed by atoms with Gasteiger partial charge in [-0.05, 0) is 32.0 Å². The second-order valence-corrected chi connectivity index (χ2v) is 4.53. The monoisotopic (exact) mass is 302 g/mol. The lowest BCUT2D eigenvalue weighted by atomic mass is 10.3. The third-order valence-electron chi connectivity index (χ3n) is 2.89. The van der Waals surface area contributed by atoms with Crippen molar-refractivity contribution in [2.45, 2.75) is 26.9 Å². The number of nitrogens with zero attached hydrogens (tertiary/aromatic N) is 2. The third kappa shape index (κ3) is 4.80. The molecular weight excluding hydrogens is 280 g/mol. The maximum atomic E-state index is 5.51. The van der Waals surface area contributed by atoms with E-state index in [1.165, 1.54) is 0 Å². The molecule has 0 bridgehead atoms. The summed E-state index contributed by atoms with van der Waals surface area (Å²) in [6, 6.07) is 7.64. The predicted octanol–water partition coefficient (Wildman–Crippen LogP) is 2.33. The first-order valence-electron chi connectivity index (χ1n) is 7.44. The van der Waals surface area contributed by atoms with Crippen LogP contribution in [0.4, 0.5) is 0 Å². The molecule has 0 atom stereocenters. The van der Waals surface area contributed by atoms with Crippen molar-refractivity contribution >= 4 is 5.96 Å². The van der Waals surface area contributed by atoms with E-state index in [2.05, 4.69) is 20.6 Å². The lowest BCUT2D eigenvalue weighted by Crippen LogP contribution is -2.36. The van der Waals surface area contributed by atoms with Gasteiger partial charge in [-0.3, -0.25) is 0 Å². The standard InChI is InChI=1S/C16H22N4O2/c1-3-17-16(20-12-14-8-6-10-22-14)19-11-13-7-5-9-18-15(13)21-4-2/h5-10H,3-4,11-12H2,1-2H3,(H2,17,19,20). The summed E-state index contributed by atoms with van der Waals surface area (Å²) in [5, 5.41) is 6.43. The van der Waals surface area contributed by atoms with E-state index >= 15 is 0 Å². The van der Waals surface area contributed by atoms with E-state index in [1.807, 2.05) is 38.1 Å². The van der Waals surface area contributed by atoms with Crippen molar-refractivity contribution in [2.75, 3.05) is 13.2 Å². The third-order valence-corrected chi connectivity index (χ3v) is 2.89. The summed E-state index contributed by atoms with van der Waals surface area (Å²) in [6.45, 7) is 6.43. The normalized spacial score (nSPS) is 11.3. The Labute approximate surface area is 130 Å². The highest BCUT2D eigenvalue weighted by Crippen LogP contribution is 2.15. The van der Waals surface area contributed by atoms with Crippen LogP contribution in [0.15, 0.2) is 46.1 Å². The van der Waals surface area contributed by atoms with Crippen LogP contribution < -0.4 is 15.4 Å². The summed E-state index contributed by atoms with van der Waals surface area (Å²) in [5.74, 6) is 2.22. The Hall–Kier alpha value is -2.50. The number of furan rings is 1. The summed E-state index contributed by atoms with van der Waals surface area (Å²) >= 11 is 0. The van der Waals surface area contributed by atoms with Gasteiger partial charge in [0.15, 0.2) is 5.96 Å². The first kappa shape index (κ1) is 15.9. The van der Waals surface area contributed by atoms with Crippen molar-refractivity contribution in [1.29, 1.82) is 0 Å². The fourth-order valence-corrected chi connectivity index (χ4v) is 1.90. The van der Waals surface area contributed by atoms with Crippen LogP contribution in [0.2, 0.25) is 0 Å². The van der Waals surface area contributed by atoms with Gasteiger partial charge in [0, 0.05) is 18.3 Å². The van der Waals surface area contributed by atoms with Crippen molar-refractivity contribution in [1.82, 2.24) is 15.6 Å². The molecule has 6 heteroatoms. The zero-order valence-corrected chi connectivity index (χ0v) is 13.0. The van der Waals surface area contributed by atoms with Crippen LogP contribution in [0.3, 0.4) is 0 Å². The van der Waals surface area contributed by atoms with Crippen molar-refractivity contribution in [3.63, 3.8) is 0 Å². The van der Waals surface area contributed by atoms with E-state index in [0.29, 0.717) is 25.6 Å². The molecule has 118 valence electrons. The molecule has 0 saturated heterocycles. The molecule has 6 nitrogen and oxygen atoms in total. The molecule has 2 aromatic rings. The van der Waals surface area contributed by atoms with Gasteiger partial charge in [0.25, 0.3) is 0 Å². The second-order valence-electron chi connectivity index (χ2n) is 4.53. The van der Waals surface area contributed by atoms with Gasteiger partial charge < -0.3 is 19.8 Å². The predicted molar refractivity (Wildman–Crippen MR) is 85.8 cm³/mol. The van der Waals surface area contributed by atoms with Crippen molar-refractivity contribution in [3.8, 4) is 5.88 Å². The molecule has 2 N–H and O–H groups in total. The molecule has 0 aliphatic rings. The molecule has 0 aromatic carbocycles. The smallest absolute Gasteiger partial charge is 0.218 e. The number of ether oxygens (including phenoxy) is 1. The van der Waals surface area contributed by atoms with Crippen LogP contribution in [0, 0.1) is 0 Å². The summed E-state index contributed by atoms with van der Waals surface area (Å²) in [6.07, 6.45) is 3.38. The van der Waals surface area contributed by atoms with Gasteiger partial charge >= 0.3 is 0 Å². The fraction of sp³-hybridized carbons (Fsp3) is 0.375. The van der Waals surface area contributed by atoms with Gasteiger partial charge in [-0.25, -0.2) is 9.98 Å². The van der Waals surface area contributed by atoms with Gasteiger partial charge in [-0.2, -0.15) is 0 Å². The first-order valence-corrected chi connectivity index (χ1v) is 7.44. The number of nitrogens with one attached hydrogen (secondary N) is 2. The molecule has 0 unspecified atom stereocenters. The Morgan fingerprint density at radius 2 is 2.18 bits per heavy atom. The Morgan fingerprint density at radius 1 is 1.27 bits per heavy atom. The molecular formula is C16H22N4O2. The Bertz CT molecular complexity index is 582. The maximum Gasteiger partial charge on any atom is 0.218 e. The molecule has 0 amide bonds. The summed E-state index contributed by atoms with van der Waals surface area (Å²) in [7, 11) is 0. The van der Waals surface area contributed by atoms with E-state index in [1.54, 1.807) is 12.5 Å². The van der Waals surface area contributed by atoms with E-state index in [9.17, 15) is 0 Å². The van der Waals surface area contributed by atoms with Crippen molar-refractivity contribution in [2.24, 2.45) is 4.99 Å². The van der Waals surface area contributed by atoms with Gasteiger partial charge in [0.2, 0.25) is 5.88 Å². The Morgan fingerprint density at radius 3 is 2.91 bits per heavy atom. The van der Waals surface area contributed by atoms with Gasteiger partial charge in [-0.15, -0.1) is 0 Å². The minimum absolute atomic E-state index is 0.497. The number of aromatic nitrogens is 1. The van der Waals surface area contributed by atoms with E-state index < -0.39 is 0 Å². The largest absolute Gasteiger partial charge is 0.478 e. The number of rotatable bonds is 7. The van der Waals surface area contributed by atoms with Gasteiger partial charge in [0.05, 0.1) is 26.0 Å². The van der Waals surface area contributed by atoms with Gasteiger partial charge in [-0.1, -0.05) is 6.07 Å². The summed E-state index contributed by atoms with van der Waals surface area (Å²) in [5.41, 5.74) is 0.958. The van der Waals surface area contributed by atoms with E-state index in [0.717, 1.165) is 23.8 Å². The van der Waals surface area contributed by atoms with Crippen molar-refractivity contribution < 1.29 is 9.15 Å². The van der Waals surface area contributed by atoms with Crippen LogP contribution in [0.25, 0.3) is 0 Å². The quantitative estimate of drug-likeness (QED) is 0.607. The highest BCUT2D eigenvalue weighted by molar-refractivity contribution is 5.79. The summed E-state index contributed by atoms with van der Waals surface area (Å²) < 4.78 is 10.8. The maximum absolute atomic E-state index is 5.51. The van der Waals surface area contributed by atoms with Crippen LogP contribution in [0.1, 0.15) is 25.2 Å². The van der Waals surface area contributed by atoms with E-state index in [4.69, 9.17) is 9.15 Å². The average molecular weight is 302 g/mol. The minimum Gasteiger partial charge on any atom is -0.478 e. The van der Waals surface area contributed by atoms with Crippen LogP contribution in [-0.2, 0) is 13.1 Å². The molecule has 0 aliphatic carbocycles.